The maximum absolute atomic E-state index is 13.5. The molecule has 1 aliphatic heterocycles. The van der Waals surface area contributed by atoms with E-state index in [0.717, 1.165) is 27.3 Å². The summed E-state index contributed by atoms with van der Waals surface area (Å²) in [5.74, 6) is -0.554. The first-order chi connectivity index (χ1) is 15.2. The second kappa shape index (κ2) is 8.94. The number of hydrogen-bond donors (Lipinski definition) is 1. The molecular formula is C22H19Cl2NO5S2. The number of nitrogens with zero attached hydrogens (tertiary/aromatic N) is 1. The number of anilines is 1. The van der Waals surface area contributed by atoms with Gasteiger partial charge in [-0.3, -0.25) is 9.10 Å². The van der Waals surface area contributed by atoms with Crippen molar-refractivity contribution in [3.05, 3.63) is 64.1 Å². The van der Waals surface area contributed by atoms with Crippen LogP contribution < -0.4 is 9.04 Å². The zero-order valence-electron chi connectivity index (χ0n) is 16.9. The fourth-order valence-electron chi connectivity index (χ4n) is 3.75. The monoisotopic (exact) mass is 511 g/mol. The Labute approximate surface area is 200 Å². The Bertz CT molecular complexity index is 1290. The summed E-state index contributed by atoms with van der Waals surface area (Å²) in [5, 5.41) is 9.92. The van der Waals surface area contributed by atoms with Crippen LogP contribution in [-0.4, -0.2) is 33.1 Å². The van der Waals surface area contributed by atoms with Crippen molar-refractivity contribution in [2.75, 3.05) is 18.0 Å². The van der Waals surface area contributed by atoms with E-state index in [-0.39, 0.29) is 23.1 Å². The van der Waals surface area contributed by atoms with E-state index in [1.165, 1.54) is 11.4 Å². The number of carbonyl (C=O) groups is 1. The summed E-state index contributed by atoms with van der Waals surface area (Å²) in [5.41, 5.74) is 2.10. The summed E-state index contributed by atoms with van der Waals surface area (Å²) in [7, 11) is -2.31. The van der Waals surface area contributed by atoms with Gasteiger partial charge in [-0.25, -0.2) is 8.42 Å². The molecule has 0 saturated heterocycles. The Morgan fingerprint density at radius 3 is 2.62 bits per heavy atom. The van der Waals surface area contributed by atoms with Gasteiger partial charge in [0.25, 0.3) is 10.0 Å². The van der Waals surface area contributed by atoms with Gasteiger partial charge in [-0.1, -0.05) is 29.3 Å². The molecule has 4 rings (SSSR count). The minimum atomic E-state index is -3.84. The highest BCUT2D eigenvalue weighted by Gasteiger charge is 2.37. The summed E-state index contributed by atoms with van der Waals surface area (Å²) in [6.45, 7) is 0.179. The smallest absolute Gasteiger partial charge is 0.303 e. The fraction of sp³-hybridized carbons (Fsp3) is 0.227. The topological polar surface area (TPSA) is 83.9 Å². The molecule has 0 radical (unpaired) electrons. The quantitative estimate of drug-likeness (QED) is 0.427. The van der Waals surface area contributed by atoms with Gasteiger partial charge in [-0.2, -0.15) is 0 Å². The van der Waals surface area contributed by atoms with E-state index in [1.54, 1.807) is 48.5 Å². The van der Waals surface area contributed by atoms with Crippen LogP contribution in [0, 0.1) is 0 Å². The largest absolute Gasteiger partial charge is 0.497 e. The Morgan fingerprint density at radius 1 is 1.16 bits per heavy atom. The molecule has 0 bridgehead atoms. The average Bonchev–Trinajstić information content (AvgIpc) is 3.40. The van der Waals surface area contributed by atoms with Crippen molar-refractivity contribution >= 4 is 56.2 Å². The minimum absolute atomic E-state index is 0.0460. The van der Waals surface area contributed by atoms with Crippen LogP contribution in [0.4, 0.5) is 5.69 Å². The lowest BCUT2D eigenvalue weighted by Gasteiger charge is -2.19. The molecule has 0 spiro atoms. The van der Waals surface area contributed by atoms with Crippen molar-refractivity contribution in [3.63, 3.8) is 0 Å². The molecule has 1 N–H and O–H groups in total. The van der Waals surface area contributed by atoms with Crippen molar-refractivity contribution in [2.45, 2.75) is 23.0 Å². The first kappa shape index (κ1) is 22.9. The van der Waals surface area contributed by atoms with Crippen molar-refractivity contribution < 1.29 is 23.1 Å². The van der Waals surface area contributed by atoms with Gasteiger partial charge in [0.2, 0.25) is 0 Å². The third-order valence-corrected chi connectivity index (χ3v) is 9.49. The molecule has 6 nitrogen and oxygen atoms in total. The van der Waals surface area contributed by atoms with Crippen LogP contribution in [0.1, 0.15) is 24.3 Å². The number of sulfonamides is 1. The molecule has 10 heteroatoms. The number of methoxy groups -OCH3 is 1. The summed E-state index contributed by atoms with van der Waals surface area (Å²) in [6, 6.07) is 13.7. The highest BCUT2D eigenvalue weighted by Crippen LogP contribution is 2.44. The molecule has 1 aromatic heterocycles. The summed E-state index contributed by atoms with van der Waals surface area (Å²) >= 11 is 13.2. The van der Waals surface area contributed by atoms with Crippen LogP contribution in [0.2, 0.25) is 10.0 Å². The molecule has 2 aromatic carbocycles. The molecule has 0 saturated carbocycles. The number of halogens is 2. The Morgan fingerprint density at radius 2 is 1.94 bits per heavy atom. The number of aliphatic carboxylic acids is 1. The van der Waals surface area contributed by atoms with Gasteiger partial charge < -0.3 is 9.84 Å². The fourth-order valence-corrected chi connectivity index (χ4v) is 7.01. The van der Waals surface area contributed by atoms with E-state index in [9.17, 15) is 13.2 Å². The third kappa shape index (κ3) is 4.32. The van der Waals surface area contributed by atoms with Gasteiger partial charge in [-0.05, 0) is 60.0 Å². The van der Waals surface area contributed by atoms with Crippen molar-refractivity contribution in [1.82, 2.24) is 0 Å². The molecule has 0 fully saturated rings. The van der Waals surface area contributed by atoms with Crippen LogP contribution >= 0.6 is 34.5 Å². The van der Waals surface area contributed by atoms with E-state index in [2.05, 4.69) is 0 Å². The van der Waals surface area contributed by atoms with Crippen LogP contribution in [0.15, 0.2) is 52.7 Å². The van der Waals surface area contributed by atoms with Crippen molar-refractivity contribution in [1.29, 1.82) is 0 Å². The molecular weight excluding hydrogens is 493 g/mol. The second-order valence-corrected chi connectivity index (χ2v) is 11.3. The highest BCUT2D eigenvalue weighted by atomic mass is 35.5. The second-order valence-electron chi connectivity index (χ2n) is 7.34. The standard InChI is InChI=1S/C22H19Cl2NO5S2/c1-30-15-4-6-19-16(11-15)14(3-8-21(26)27)12-25(19)32(28,29)22-9-7-20(31-22)13-2-5-17(23)18(24)10-13/h2,4-7,9-11,14H,3,8,12H2,1H3,(H,26,27). The summed E-state index contributed by atoms with van der Waals surface area (Å²) < 4.78 is 33.9. The number of carboxylic acid groups (broad SMARTS) is 1. The minimum Gasteiger partial charge on any atom is -0.497 e. The predicted octanol–water partition coefficient (Wildman–Crippen LogP) is 5.89. The van der Waals surface area contributed by atoms with Crippen LogP contribution in [0.25, 0.3) is 10.4 Å². The van der Waals surface area contributed by atoms with Gasteiger partial charge in [0, 0.05) is 23.8 Å². The van der Waals surface area contributed by atoms with Crippen LogP contribution in [-0.2, 0) is 14.8 Å². The highest BCUT2D eigenvalue weighted by molar-refractivity contribution is 7.94. The van der Waals surface area contributed by atoms with E-state index in [0.29, 0.717) is 27.9 Å². The van der Waals surface area contributed by atoms with E-state index >= 15 is 0 Å². The zero-order chi connectivity index (χ0) is 23.0. The lowest BCUT2D eigenvalue weighted by molar-refractivity contribution is -0.137. The Hall–Kier alpha value is -2.26. The van der Waals surface area contributed by atoms with Gasteiger partial charge in [0.1, 0.15) is 9.96 Å². The number of thiophene rings is 1. The third-order valence-electron chi connectivity index (χ3n) is 5.37. The zero-order valence-corrected chi connectivity index (χ0v) is 20.1. The van der Waals surface area contributed by atoms with E-state index in [1.807, 2.05) is 0 Å². The Balaban J connectivity index is 1.69. The number of benzene rings is 2. The molecule has 1 aliphatic rings. The van der Waals surface area contributed by atoms with Gasteiger partial charge in [-0.15, -0.1) is 11.3 Å². The molecule has 1 atom stereocenters. The number of hydrogen-bond acceptors (Lipinski definition) is 5. The normalized spacial score (nSPS) is 15.6. The summed E-state index contributed by atoms with van der Waals surface area (Å²) in [6.07, 6.45) is 0.288. The molecule has 32 heavy (non-hydrogen) atoms. The predicted molar refractivity (Wildman–Crippen MR) is 127 cm³/mol. The van der Waals surface area contributed by atoms with Crippen LogP contribution in [0.3, 0.4) is 0 Å². The molecule has 2 heterocycles. The van der Waals surface area contributed by atoms with Gasteiger partial charge in [0.05, 0.1) is 22.8 Å². The average molecular weight is 512 g/mol. The Kier molecular flexibility index (Phi) is 6.40. The number of carboxylic acids is 1. The molecule has 0 amide bonds. The molecule has 0 aliphatic carbocycles. The SMILES string of the molecule is COc1ccc2c(c1)C(CCC(=O)O)CN2S(=O)(=O)c1ccc(-c2ccc(Cl)c(Cl)c2)s1. The summed E-state index contributed by atoms with van der Waals surface area (Å²) in [4.78, 5) is 11.8. The number of ether oxygens (including phenoxy) is 1. The first-order valence-electron chi connectivity index (χ1n) is 9.68. The molecule has 3 aromatic rings. The van der Waals surface area contributed by atoms with Crippen molar-refractivity contribution in [2.24, 2.45) is 0 Å². The number of rotatable bonds is 7. The van der Waals surface area contributed by atoms with Crippen molar-refractivity contribution in [3.8, 4) is 16.2 Å². The van der Waals surface area contributed by atoms with E-state index < -0.39 is 16.0 Å². The van der Waals surface area contributed by atoms with Gasteiger partial charge in [0.15, 0.2) is 0 Å². The molecule has 1 unspecified atom stereocenters. The van der Waals surface area contributed by atoms with Crippen LogP contribution in [0.5, 0.6) is 5.75 Å². The maximum Gasteiger partial charge on any atom is 0.303 e. The van der Waals surface area contributed by atoms with Gasteiger partial charge >= 0.3 is 5.97 Å². The first-order valence-corrected chi connectivity index (χ1v) is 12.7. The lowest BCUT2D eigenvalue weighted by Crippen LogP contribution is -2.29. The van der Waals surface area contributed by atoms with E-state index in [4.69, 9.17) is 33.0 Å². The maximum atomic E-state index is 13.5. The molecule has 168 valence electrons. The lowest BCUT2D eigenvalue weighted by atomic mass is 9.96. The number of fused-ring (bicyclic) bond motifs is 1.